The van der Waals surface area contributed by atoms with Gasteiger partial charge in [0.05, 0.1) is 14.2 Å². The van der Waals surface area contributed by atoms with Crippen LogP contribution in [-0.2, 0) is 6.54 Å². The summed E-state index contributed by atoms with van der Waals surface area (Å²) < 4.78 is 10.4. The van der Waals surface area contributed by atoms with Crippen LogP contribution in [0.25, 0.3) is 0 Å². The molecule has 1 aliphatic rings. The second-order valence-corrected chi connectivity index (χ2v) is 5.70. The molecule has 4 heteroatoms. The zero-order valence-corrected chi connectivity index (χ0v) is 12.6. The third kappa shape index (κ3) is 3.57. The maximum Gasteiger partial charge on any atom is 0.200 e. The molecule has 0 spiro atoms. The van der Waals surface area contributed by atoms with Crippen molar-refractivity contribution in [2.24, 2.45) is 5.92 Å². The van der Waals surface area contributed by atoms with Gasteiger partial charge in [0, 0.05) is 12.6 Å². The molecule has 1 aliphatic carbocycles. The number of phenolic OH excluding ortho intramolecular Hbond substituents is 1. The highest BCUT2D eigenvalue weighted by Crippen LogP contribution is 2.37. The van der Waals surface area contributed by atoms with Crippen LogP contribution in [0.4, 0.5) is 0 Å². The van der Waals surface area contributed by atoms with Crippen LogP contribution in [-0.4, -0.2) is 25.4 Å². The fraction of sp³-hybridized carbons (Fsp3) is 0.625. The van der Waals surface area contributed by atoms with E-state index in [1.807, 2.05) is 12.1 Å². The van der Waals surface area contributed by atoms with E-state index in [0.29, 0.717) is 17.5 Å². The predicted octanol–water partition coefficient (Wildman–Crippen LogP) is 3.08. The van der Waals surface area contributed by atoms with Crippen molar-refractivity contribution in [1.82, 2.24) is 5.32 Å². The molecule has 0 heterocycles. The Morgan fingerprint density at radius 1 is 1.20 bits per heavy atom. The van der Waals surface area contributed by atoms with Crippen LogP contribution in [0.3, 0.4) is 0 Å². The minimum absolute atomic E-state index is 0.0602. The van der Waals surface area contributed by atoms with Gasteiger partial charge in [0.1, 0.15) is 0 Å². The summed E-state index contributed by atoms with van der Waals surface area (Å²) in [6, 6.07) is 4.30. The molecule has 2 atom stereocenters. The Bertz CT molecular complexity index is 422. The second kappa shape index (κ2) is 6.84. The molecule has 0 saturated heterocycles. The van der Waals surface area contributed by atoms with Crippen LogP contribution < -0.4 is 14.8 Å². The molecule has 20 heavy (non-hydrogen) atoms. The molecule has 2 unspecified atom stereocenters. The zero-order valence-electron chi connectivity index (χ0n) is 12.6. The smallest absolute Gasteiger partial charge is 0.200 e. The molecule has 1 aromatic rings. The van der Waals surface area contributed by atoms with Crippen molar-refractivity contribution >= 4 is 0 Å². The first-order chi connectivity index (χ1) is 9.63. The first-order valence-corrected chi connectivity index (χ1v) is 7.31. The fourth-order valence-electron chi connectivity index (χ4n) is 2.93. The van der Waals surface area contributed by atoms with Crippen molar-refractivity contribution in [2.45, 2.75) is 45.2 Å². The lowest BCUT2D eigenvalue weighted by molar-refractivity contribution is 0.299. The predicted molar refractivity (Wildman–Crippen MR) is 79.5 cm³/mol. The van der Waals surface area contributed by atoms with Crippen molar-refractivity contribution < 1.29 is 14.6 Å². The van der Waals surface area contributed by atoms with E-state index in [9.17, 15) is 5.11 Å². The number of benzene rings is 1. The minimum atomic E-state index is 0.0602. The van der Waals surface area contributed by atoms with E-state index in [0.717, 1.165) is 18.0 Å². The highest BCUT2D eigenvalue weighted by Gasteiger charge is 2.18. The highest BCUT2D eigenvalue weighted by molar-refractivity contribution is 5.52. The molecule has 2 N–H and O–H groups in total. The van der Waals surface area contributed by atoms with Crippen molar-refractivity contribution in [3.63, 3.8) is 0 Å². The monoisotopic (exact) mass is 279 g/mol. The van der Waals surface area contributed by atoms with E-state index in [2.05, 4.69) is 12.2 Å². The molecule has 2 rings (SSSR count). The lowest BCUT2D eigenvalue weighted by Crippen LogP contribution is -2.33. The molecule has 0 amide bonds. The fourth-order valence-corrected chi connectivity index (χ4v) is 2.93. The molecule has 0 aliphatic heterocycles. The first kappa shape index (κ1) is 15.0. The Morgan fingerprint density at radius 3 is 2.40 bits per heavy atom. The number of nitrogens with one attached hydrogen (secondary N) is 1. The van der Waals surface area contributed by atoms with Gasteiger partial charge in [-0.05, 0) is 36.5 Å². The Balaban J connectivity index is 2.01. The van der Waals surface area contributed by atoms with E-state index in [4.69, 9.17) is 9.47 Å². The maximum absolute atomic E-state index is 9.89. The average Bonchev–Trinajstić information content (AvgIpc) is 2.46. The van der Waals surface area contributed by atoms with Crippen molar-refractivity contribution in [2.75, 3.05) is 14.2 Å². The number of hydrogen-bond donors (Lipinski definition) is 2. The van der Waals surface area contributed by atoms with Gasteiger partial charge >= 0.3 is 0 Å². The van der Waals surface area contributed by atoms with Crippen molar-refractivity contribution in [3.8, 4) is 17.2 Å². The van der Waals surface area contributed by atoms with Crippen LogP contribution in [0, 0.1) is 5.92 Å². The molecular weight excluding hydrogens is 254 g/mol. The standard InChI is InChI=1S/C16H25NO3/c1-11-5-4-6-13(7-11)17-10-12-8-14(19-2)16(18)15(9-12)20-3/h8-9,11,13,17-18H,4-7,10H2,1-3H3. The molecule has 4 nitrogen and oxygen atoms in total. The molecule has 1 aromatic carbocycles. The van der Waals surface area contributed by atoms with E-state index >= 15 is 0 Å². The van der Waals surface area contributed by atoms with Gasteiger partial charge in [0.2, 0.25) is 5.75 Å². The summed E-state index contributed by atoms with van der Waals surface area (Å²) in [4.78, 5) is 0. The summed E-state index contributed by atoms with van der Waals surface area (Å²) in [5, 5.41) is 13.5. The molecular formula is C16H25NO3. The van der Waals surface area contributed by atoms with Gasteiger partial charge < -0.3 is 19.9 Å². The molecule has 1 fully saturated rings. The number of hydrogen-bond acceptors (Lipinski definition) is 4. The van der Waals surface area contributed by atoms with E-state index < -0.39 is 0 Å². The number of aromatic hydroxyl groups is 1. The van der Waals surface area contributed by atoms with Crippen LogP contribution in [0.1, 0.15) is 38.2 Å². The Morgan fingerprint density at radius 2 is 1.85 bits per heavy atom. The van der Waals surface area contributed by atoms with E-state index in [1.165, 1.54) is 25.7 Å². The molecule has 0 bridgehead atoms. The van der Waals surface area contributed by atoms with Gasteiger partial charge in [-0.15, -0.1) is 0 Å². The van der Waals surface area contributed by atoms with E-state index in [-0.39, 0.29) is 5.75 Å². The third-order valence-electron chi connectivity index (χ3n) is 4.07. The summed E-state index contributed by atoms with van der Waals surface area (Å²) in [7, 11) is 3.10. The number of rotatable bonds is 5. The summed E-state index contributed by atoms with van der Waals surface area (Å²) in [5.74, 6) is 1.78. The maximum atomic E-state index is 9.89. The Kier molecular flexibility index (Phi) is 5.12. The lowest BCUT2D eigenvalue weighted by atomic mass is 9.87. The molecule has 0 radical (unpaired) electrons. The SMILES string of the molecule is COc1cc(CNC2CCCC(C)C2)cc(OC)c1O. The van der Waals surface area contributed by atoms with Gasteiger partial charge in [-0.1, -0.05) is 19.8 Å². The summed E-state index contributed by atoms with van der Waals surface area (Å²) in [6.07, 6.45) is 5.14. The average molecular weight is 279 g/mol. The Labute approximate surface area is 121 Å². The first-order valence-electron chi connectivity index (χ1n) is 7.31. The number of ether oxygens (including phenoxy) is 2. The largest absolute Gasteiger partial charge is 0.502 e. The van der Waals surface area contributed by atoms with Gasteiger partial charge in [-0.25, -0.2) is 0 Å². The van der Waals surface area contributed by atoms with Crippen LogP contribution in [0.5, 0.6) is 17.2 Å². The van der Waals surface area contributed by atoms with Gasteiger partial charge in [-0.2, -0.15) is 0 Å². The van der Waals surface area contributed by atoms with Crippen LogP contribution in [0.2, 0.25) is 0 Å². The van der Waals surface area contributed by atoms with E-state index in [1.54, 1.807) is 14.2 Å². The molecule has 1 saturated carbocycles. The van der Waals surface area contributed by atoms with Crippen LogP contribution in [0.15, 0.2) is 12.1 Å². The van der Waals surface area contributed by atoms with Gasteiger partial charge in [-0.3, -0.25) is 0 Å². The molecule has 112 valence electrons. The summed E-state index contributed by atoms with van der Waals surface area (Å²) in [5.41, 5.74) is 1.06. The number of phenols is 1. The van der Waals surface area contributed by atoms with Crippen molar-refractivity contribution in [3.05, 3.63) is 17.7 Å². The minimum Gasteiger partial charge on any atom is -0.502 e. The Hall–Kier alpha value is -1.42. The molecule has 0 aromatic heterocycles. The quantitative estimate of drug-likeness (QED) is 0.869. The normalized spacial score (nSPS) is 22.6. The summed E-state index contributed by atoms with van der Waals surface area (Å²) >= 11 is 0. The van der Waals surface area contributed by atoms with Crippen LogP contribution >= 0.6 is 0 Å². The topological polar surface area (TPSA) is 50.7 Å². The summed E-state index contributed by atoms with van der Waals surface area (Å²) in [6.45, 7) is 3.09. The van der Waals surface area contributed by atoms with Gasteiger partial charge in [0.15, 0.2) is 11.5 Å². The van der Waals surface area contributed by atoms with Crippen molar-refractivity contribution in [1.29, 1.82) is 0 Å². The third-order valence-corrected chi connectivity index (χ3v) is 4.07. The zero-order chi connectivity index (χ0) is 14.5. The highest BCUT2D eigenvalue weighted by atomic mass is 16.5. The lowest BCUT2D eigenvalue weighted by Gasteiger charge is -2.27. The van der Waals surface area contributed by atoms with Gasteiger partial charge in [0.25, 0.3) is 0 Å². The second-order valence-electron chi connectivity index (χ2n) is 5.70. The number of methoxy groups -OCH3 is 2.